The highest BCUT2D eigenvalue weighted by atomic mass is 32.2. The first-order chi connectivity index (χ1) is 9.06. The molecule has 0 fully saturated rings. The van der Waals surface area contributed by atoms with Crippen LogP contribution in [0.25, 0.3) is 0 Å². The Bertz CT molecular complexity index is 392. The van der Waals surface area contributed by atoms with Crippen LogP contribution >= 0.6 is 11.8 Å². The van der Waals surface area contributed by atoms with E-state index in [0.29, 0.717) is 25.4 Å². The van der Waals surface area contributed by atoms with Gasteiger partial charge in [-0.3, -0.25) is 4.79 Å². The van der Waals surface area contributed by atoms with Gasteiger partial charge in [0, 0.05) is 24.9 Å². The predicted molar refractivity (Wildman–Crippen MR) is 82.1 cm³/mol. The van der Waals surface area contributed by atoms with Crippen molar-refractivity contribution in [3.63, 3.8) is 0 Å². The fraction of sp³-hybridized carbons (Fsp3) is 0.533. The molecule has 0 aromatic heterocycles. The lowest BCUT2D eigenvalue weighted by atomic mass is 10.1. The molecule has 0 radical (unpaired) electrons. The molecule has 1 atom stereocenters. The van der Waals surface area contributed by atoms with Gasteiger partial charge in [-0.15, -0.1) is 11.8 Å². The van der Waals surface area contributed by atoms with E-state index in [1.54, 1.807) is 16.7 Å². The molecule has 1 amide bonds. The zero-order valence-corrected chi connectivity index (χ0v) is 12.9. The van der Waals surface area contributed by atoms with Gasteiger partial charge in [0.15, 0.2) is 0 Å². The smallest absolute Gasteiger partial charge is 0.222 e. The Morgan fingerprint density at radius 2 is 2.00 bits per heavy atom. The average molecular weight is 280 g/mol. The minimum Gasteiger partial charge on any atom is -0.341 e. The van der Waals surface area contributed by atoms with Gasteiger partial charge < -0.3 is 10.6 Å². The van der Waals surface area contributed by atoms with Crippen LogP contribution in [-0.4, -0.2) is 30.7 Å². The van der Waals surface area contributed by atoms with Gasteiger partial charge in [-0.25, -0.2) is 0 Å². The summed E-state index contributed by atoms with van der Waals surface area (Å²) >= 11 is 1.72. The normalized spacial score (nSPS) is 12.2. The van der Waals surface area contributed by atoms with Gasteiger partial charge in [0.25, 0.3) is 0 Å². The minimum absolute atomic E-state index is 0.189. The highest BCUT2D eigenvalue weighted by molar-refractivity contribution is 7.98. The Morgan fingerprint density at radius 3 is 2.53 bits per heavy atom. The molecule has 4 heteroatoms. The van der Waals surface area contributed by atoms with E-state index in [-0.39, 0.29) is 5.91 Å². The number of carbonyl (C=O) groups is 1. The van der Waals surface area contributed by atoms with Crippen molar-refractivity contribution in [1.29, 1.82) is 0 Å². The Hall–Kier alpha value is -1.00. The van der Waals surface area contributed by atoms with Crippen LogP contribution in [0.2, 0.25) is 0 Å². The molecule has 106 valence electrons. The zero-order chi connectivity index (χ0) is 14.3. The zero-order valence-electron chi connectivity index (χ0n) is 12.1. The maximum atomic E-state index is 12.0. The number of amides is 1. The van der Waals surface area contributed by atoms with Crippen LogP contribution in [-0.2, 0) is 11.3 Å². The summed E-state index contributed by atoms with van der Waals surface area (Å²) in [5, 5.41) is 0. The summed E-state index contributed by atoms with van der Waals surface area (Å²) in [5.74, 6) is 0.604. The van der Waals surface area contributed by atoms with Crippen LogP contribution in [0.5, 0.6) is 0 Å². The van der Waals surface area contributed by atoms with E-state index in [1.165, 1.54) is 10.5 Å². The van der Waals surface area contributed by atoms with Crippen molar-refractivity contribution in [1.82, 2.24) is 4.90 Å². The molecule has 0 aliphatic rings. The second-order valence-electron chi connectivity index (χ2n) is 4.98. The summed E-state index contributed by atoms with van der Waals surface area (Å²) in [6.45, 7) is 3.39. The molecule has 0 bridgehead atoms. The Labute approximate surface area is 120 Å². The van der Waals surface area contributed by atoms with E-state index in [1.807, 2.05) is 7.05 Å². The second kappa shape index (κ2) is 8.23. The van der Waals surface area contributed by atoms with E-state index in [0.717, 1.165) is 6.42 Å². The van der Waals surface area contributed by atoms with Crippen molar-refractivity contribution < 1.29 is 4.79 Å². The lowest BCUT2D eigenvalue weighted by Crippen LogP contribution is -2.26. The quantitative estimate of drug-likeness (QED) is 0.781. The van der Waals surface area contributed by atoms with Gasteiger partial charge in [-0.05, 0) is 42.8 Å². The van der Waals surface area contributed by atoms with Crippen LogP contribution in [0.4, 0.5) is 0 Å². The van der Waals surface area contributed by atoms with E-state index in [9.17, 15) is 4.79 Å². The van der Waals surface area contributed by atoms with Gasteiger partial charge in [-0.2, -0.15) is 0 Å². The summed E-state index contributed by atoms with van der Waals surface area (Å²) in [4.78, 5) is 15.0. The number of nitrogens with zero attached hydrogens (tertiary/aromatic N) is 1. The summed E-state index contributed by atoms with van der Waals surface area (Å²) < 4.78 is 0. The first-order valence-corrected chi connectivity index (χ1v) is 7.86. The highest BCUT2D eigenvalue weighted by Crippen LogP contribution is 2.16. The molecule has 0 spiro atoms. The van der Waals surface area contributed by atoms with Crippen LogP contribution < -0.4 is 5.73 Å². The van der Waals surface area contributed by atoms with Gasteiger partial charge in [0.05, 0.1) is 0 Å². The van der Waals surface area contributed by atoms with E-state index in [4.69, 9.17) is 5.73 Å². The molecule has 0 saturated heterocycles. The lowest BCUT2D eigenvalue weighted by Gasteiger charge is -2.18. The van der Waals surface area contributed by atoms with Gasteiger partial charge in [0.2, 0.25) is 5.91 Å². The Balaban J connectivity index is 2.44. The fourth-order valence-corrected chi connectivity index (χ4v) is 2.18. The number of hydrogen-bond donors (Lipinski definition) is 1. The first-order valence-electron chi connectivity index (χ1n) is 6.63. The average Bonchev–Trinajstić information content (AvgIpc) is 2.44. The van der Waals surface area contributed by atoms with Crippen LogP contribution in [0, 0.1) is 5.92 Å². The standard InChI is InChI=1S/C15H24N2OS/c1-12(10-16)4-9-15(18)17(2)11-13-5-7-14(19-3)8-6-13/h5-8,12H,4,9-11,16H2,1-3H3. The Kier molecular flexibility index (Phi) is 6.95. The van der Waals surface area contributed by atoms with Crippen LogP contribution in [0.15, 0.2) is 29.2 Å². The maximum absolute atomic E-state index is 12.0. The molecule has 1 aromatic carbocycles. The SMILES string of the molecule is CSc1ccc(CN(C)C(=O)CCC(C)CN)cc1. The minimum atomic E-state index is 0.189. The highest BCUT2D eigenvalue weighted by Gasteiger charge is 2.10. The molecule has 1 aromatic rings. The number of nitrogens with two attached hydrogens (primary N) is 1. The molecule has 0 heterocycles. The second-order valence-corrected chi connectivity index (χ2v) is 5.86. The largest absolute Gasteiger partial charge is 0.341 e. The third-order valence-corrected chi connectivity index (χ3v) is 4.00. The number of thioether (sulfide) groups is 1. The predicted octanol–water partition coefficient (Wildman–Crippen LogP) is 2.74. The fourth-order valence-electron chi connectivity index (χ4n) is 1.77. The van der Waals surface area contributed by atoms with Crippen LogP contribution in [0.3, 0.4) is 0 Å². The van der Waals surface area contributed by atoms with E-state index >= 15 is 0 Å². The number of benzene rings is 1. The molecule has 19 heavy (non-hydrogen) atoms. The van der Waals surface area contributed by atoms with Crippen molar-refractivity contribution in [2.24, 2.45) is 11.7 Å². The maximum Gasteiger partial charge on any atom is 0.222 e. The third kappa shape index (κ3) is 5.66. The van der Waals surface area contributed by atoms with Crippen molar-refractivity contribution in [3.05, 3.63) is 29.8 Å². The van der Waals surface area contributed by atoms with Gasteiger partial charge in [-0.1, -0.05) is 19.1 Å². The van der Waals surface area contributed by atoms with E-state index < -0.39 is 0 Å². The number of carbonyl (C=O) groups excluding carboxylic acids is 1. The molecular formula is C15H24N2OS. The monoisotopic (exact) mass is 280 g/mol. The summed E-state index contributed by atoms with van der Waals surface area (Å²) in [6.07, 6.45) is 3.51. The molecule has 3 nitrogen and oxygen atoms in total. The van der Waals surface area contributed by atoms with Crippen molar-refractivity contribution in [3.8, 4) is 0 Å². The Morgan fingerprint density at radius 1 is 1.37 bits per heavy atom. The molecule has 1 rings (SSSR count). The summed E-state index contributed by atoms with van der Waals surface area (Å²) in [7, 11) is 1.86. The van der Waals surface area contributed by atoms with E-state index in [2.05, 4.69) is 37.4 Å². The van der Waals surface area contributed by atoms with Gasteiger partial charge in [0.1, 0.15) is 0 Å². The molecule has 0 aliphatic carbocycles. The van der Waals surface area contributed by atoms with Gasteiger partial charge >= 0.3 is 0 Å². The van der Waals surface area contributed by atoms with Crippen molar-refractivity contribution >= 4 is 17.7 Å². The lowest BCUT2D eigenvalue weighted by molar-refractivity contribution is -0.130. The first kappa shape index (κ1) is 16.1. The van der Waals surface area contributed by atoms with Crippen molar-refractivity contribution in [2.75, 3.05) is 19.8 Å². The van der Waals surface area contributed by atoms with Crippen LogP contribution in [0.1, 0.15) is 25.3 Å². The molecule has 2 N–H and O–H groups in total. The molecule has 0 saturated carbocycles. The number of hydrogen-bond acceptors (Lipinski definition) is 3. The topological polar surface area (TPSA) is 46.3 Å². The molecular weight excluding hydrogens is 256 g/mol. The molecule has 0 aliphatic heterocycles. The molecule has 1 unspecified atom stereocenters. The summed E-state index contributed by atoms with van der Waals surface area (Å²) in [5.41, 5.74) is 6.73. The summed E-state index contributed by atoms with van der Waals surface area (Å²) in [6, 6.07) is 8.35. The third-order valence-electron chi connectivity index (χ3n) is 3.26. The number of rotatable bonds is 7. The van der Waals surface area contributed by atoms with Crippen molar-refractivity contribution in [2.45, 2.75) is 31.2 Å².